The summed E-state index contributed by atoms with van der Waals surface area (Å²) in [7, 11) is 0. The fourth-order valence-electron chi connectivity index (χ4n) is 1.90. The molecule has 0 aromatic carbocycles. The minimum Gasteiger partial charge on any atom is -0.369 e. The molecule has 1 aliphatic carbocycles. The molecule has 2 atom stereocenters. The maximum atomic E-state index is 10.8. The van der Waals surface area contributed by atoms with Crippen molar-refractivity contribution in [3.8, 4) is 0 Å². The third-order valence-corrected chi connectivity index (χ3v) is 2.55. The third-order valence-electron chi connectivity index (χ3n) is 2.55. The highest BCUT2D eigenvalue weighted by atomic mass is 16.1. The summed E-state index contributed by atoms with van der Waals surface area (Å²) in [5, 5.41) is 0. The SMILES string of the molecule is CCC1CCCC1C(N)=O. The summed E-state index contributed by atoms with van der Waals surface area (Å²) in [6.45, 7) is 2.13. The van der Waals surface area contributed by atoms with Crippen LogP contribution in [-0.4, -0.2) is 5.91 Å². The molecule has 58 valence electrons. The summed E-state index contributed by atoms with van der Waals surface area (Å²) >= 11 is 0. The van der Waals surface area contributed by atoms with Crippen molar-refractivity contribution in [2.24, 2.45) is 17.6 Å². The minimum atomic E-state index is -0.0932. The maximum absolute atomic E-state index is 10.8. The smallest absolute Gasteiger partial charge is 0.220 e. The standard InChI is InChI=1S/C8H15NO/c1-2-6-4-3-5-7(6)8(9)10/h6-7H,2-5H2,1H3,(H2,9,10). The molecular weight excluding hydrogens is 126 g/mol. The highest BCUT2D eigenvalue weighted by Gasteiger charge is 2.29. The van der Waals surface area contributed by atoms with E-state index in [9.17, 15) is 4.79 Å². The van der Waals surface area contributed by atoms with Crippen LogP contribution in [0.2, 0.25) is 0 Å². The molecule has 0 saturated heterocycles. The van der Waals surface area contributed by atoms with Crippen molar-refractivity contribution in [1.82, 2.24) is 0 Å². The highest BCUT2D eigenvalue weighted by Crippen LogP contribution is 2.33. The fraction of sp³-hybridized carbons (Fsp3) is 0.875. The van der Waals surface area contributed by atoms with Gasteiger partial charge >= 0.3 is 0 Å². The summed E-state index contributed by atoms with van der Waals surface area (Å²) in [4.78, 5) is 10.8. The van der Waals surface area contributed by atoms with Gasteiger partial charge in [-0.1, -0.05) is 19.8 Å². The molecule has 1 saturated carbocycles. The number of primary amides is 1. The van der Waals surface area contributed by atoms with Crippen molar-refractivity contribution in [2.45, 2.75) is 32.6 Å². The van der Waals surface area contributed by atoms with Crippen LogP contribution in [-0.2, 0) is 4.79 Å². The van der Waals surface area contributed by atoms with Gasteiger partial charge in [0.15, 0.2) is 0 Å². The summed E-state index contributed by atoms with van der Waals surface area (Å²) in [5.41, 5.74) is 5.22. The van der Waals surface area contributed by atoms with E-state index in [1.54, 1.807) is 0 Å². The monoisotopic (exact) mass is 141 g/mol. The van der Waals surface area contributed by atoms with Gasteiger partial charge in [0, 0.05) is 5.92 Å². The number of amides is 1. The van der Waals surface area contributed by atoms with Crippen LogP contribution in [0.25, 0.3) is 0 Å². The largest absolute Gasteiger partial charge is 0.369 e. The molecule has 0 spiro atoms. The lowest BCUT2D eigenvalue weighted by atomic mass is 9.93. The second-order valence-electron chi connectivity index (χ2n) is 3.11. The Morgan fingerprint density at radius 1 is 1.60 bits per heavy atom. The van der Waals surface area contributed by atoms with Crippen LogP contribution in [0.15, 0.2) is 0 Å². The molecule has 0 aromatic heterocycles. The zero-order valence-corrected chi connectivity index (χ0v) is 6.47. The van der Waals surface area contributed by atoms with Gasteiger partial charge in [0.2, 0.25) is 5.91 Å². The lowest BCUT2D eigenvalue weighted by Crippen LogP contribution is -2.25. The molecule has 0 bridgehead atoms. The van der Waals surface area contributed by atoms with Gasteiger partial charge in [-0.15, -0.1) is 0 Å². The van der Waals surface area contributed by atoms with E-state index in [1.807, 2.05) is 0 Å². The first kappa shape index (κ1) is 7.58. The average molecular weight is 141 g/mol. The van der Waals surface area contributed by atoms with Crippen LogP contribution in [0, 0.1) is 11.8 Å². The molecule has 0 heterocycles. The van der Waals surface area contributed by atoms with Crippen LogP contribution in [0.4, 0.5) is 0 Å². The van der Waals surface area contributed by atoms with E-state index in [0.717, 1.165) is 12.8 Å². The first-order valence-electron chi connectivity index (χ1n) is 4.05. The minimum absolute atomic E-state index is 0.0932. The Kier molecular flexibility index (Phi) is 2.30. The predicted octanol–water partition coefficient (Wildman–Crippen LogP) is 1.30. The van der Waals surface area contributed by atoms with Crippen LogP contribution < -0.4 is 5.73 Å². The Labute approximate surface area is 61.8 Å². The van der Waals surface area contributed by atoms with E-state index in [2.05, 4.69) is 6.92 Å². The van der Waals surface area contributed by atoms with E-state index in [0.29, 0.717) is 5.92 Å². The number of rotatable bonds is 2. The summed E-state index contributed by atoms with van der Waals surface area (Å²) < 4.78 is 0. The van der Waals surface area contributed by atoms with Crippen LogP contribution in [0.1, 0.15) is 32.6 Å². The summed E-state index contributed by atoms with van der Waals surface area (Å²) in [5.74, 6) is 0.673. The molecule has 1 aliphatic rings. The zero-order chi connectivity index (χ0) is 7.56. The van der Waals surface area contributed by atoms with Gasteiger partial charge in [-0.2, -0.15) is 0 Å². The lowest BCUT2D eigenvalue weighted by molar-refractivity contribution is -0.122. The van der Waals surface area contributed by atoms with E-state index in [4.69, 9.17) is 5.73 Å². The molecule has 2 nitrogen and oxygen atoms in total. The molecule has 2 unspecified atom stereocenters. The molecule has 0 aliphatic heterocycles. The Hall–Kier alpha value is -0.530. The quantitative estimate of drug-likeness (QED) is 0.618. The van der Waals surface area contributed by atoms with Gasteiger partial charge in [0.05, 0.1) is 0 Å². The van der Waals surface area contributed by atoms with Crippen molar-refractivity contribution in [3.63, 3.8) is 0 Å². The number of carbonyl (C=O) groups excluding carboxylic acids is 1. The number of hydrogen-bond donors (Lipinski definition) is 1. The number of carbonyl (C=O) groups is 1. The van der Waals surface area contributed by atoms with Crippen LogP contribution >= 0.6 is 0 Å². The second-order valence-corrected chi connectivity index (χ2v) is 3.11. The van der Waals surface area contributed by atoms with E-state index in [1.165, 1.54) is 12.8 Å². The van der Waals surface area contributed by atoms with Crippen molar-refractivity contribution >= 4 is 5.91 Å². The lowest BCUT2D eigenvalue weighted by Gasteiger charge is -2.12. The Bertz CT molecular complexity index is 133. The maximum Gasteiger partial charge on any atom is 0.220 e. The van der Waals surface area contributed by atoms with Crippen LogP contribution in [0.5, 0.6) is 0 Å². The number of hydrogen-bond acceptors (Lipinski definition) is 1. The van der Waals surface area contributed by atoms with Gasteiger partial charge in [-0.3, -0.25) is 4.79 Å². The molecule has 10 heavy (non-hydrogen) atoms. The Balaban J connectivity index is 2.50. The number of nitrogens with two attached hydrogens (primary N) is 1. The Morgan fingerprint density at radius 3 is 2.70 bits per heavy atom. The molecule has 0 aromatic rings. The molecular formula is C8H15NO. The van der Waals surface area contributed by atoms with Crippen LogP contribution in [0.3, 0.4) is 0 Å². The van der Waals surface area contributed by atoms with Crippen molar-refractivity contribution in [2.75, 3.05) is 0 Å². The van der Waals surface area contributed by atoms with Crippen molar-refractivity contribution < 1.29 is 4.79 Å². The Morgan fingerprint density at radius 2 is 2.30 bits per heavy atom. The first-order valence-corrected chi connectivity index (χ1v) is 4.05. The van der Waals surface area contributed by atoms with Gasteiger partial charge in [-0.25, -0.2) is 0 Å². The third kappa shape index (κ3) is 1.31. The highest BCUT2D eigenvalue weighted by molar-refractivity contribution is 5.77. The normalized spacial score (nSPS) is 32.5. The van der Waals surface area contributed by atoms with E-state index < -0.39 is 0 Å². The van der Waals surface area contributed by atoms with Gasteiger partial charge in [0.25, 0.3) is 0 Å². The van der Waals surface area contributed by atoms with Crippen molar-refractivity contribution in [3.05, 3.63) is 0 Å². The average Bonchev–Trinajstić information content (AvgIpc) is 2.33. The molecule has 1 rings (SSSR count). The first-order chi connectivity index (χ1) is 4.75. The molecule has 0 radical (unpaired) electrons. The zero-order valence-electron chi connectivity index (χ0n) is 6.47. The van der Waals surface area contributed by atoms with Gasteiger partial charge in [0.1, 0.15) is 0 Å². The van der Waals surface area contributed by atoms with Gasteiger partial charge < -0.3 is 5.73 Å². The molecule has 2 heteroatoms. The molecule has 1 fully saturated rings. The van der Waals surface area contributed by atoms with E-state index >= 15 is 0 Å². The molecule has 1 amide bonds. The van der Waals surface area contributed by atoms with Crippen molar-refractivity contribution in [1.29, 1.82) is 0 Å². The fourth-order valence-corrected chi connectivity index (χ4v) is 1.90. The van der Waals surface area contributed by atoms with Gasteiger partial charge in [-0.05, 0) is 18.8 Å². The topological polar surface area (TPSA) is 43.1 Å². The summed E-state index contributed by atoms with van der Waals surface area (Å²) in [6.07, 6.45) is 4.51. The van der Waals surface area contributed by atoms with E-state index in [-0.39, 0.29) is 11.8 Å². The molecule has 2 N–H and O–H groups in total. The second kappa shape index (κ2) is 3.04. The predicted molar refractivity (Wildman–Crippen MR) is 40.3 cm³/mol. The summed E-state index contributed by atoms with van der Waals surface area (Å²) in [6, 6.07) is 0.